The van der Waals surface area contributed by atoms with Crippen molar-refractivity contribution >= 4 is 29.1 Å². The second kappa shape index (κ2) is 9.23. The second-order valence-corrected chi connectivity index (χ2v) is 7.47. The number of nitrogens with zero attached hydrogens (tertiary/aromatic N) is 1. The van der Waals surface area contributed by atoms with Gasteiger partial charge in [-0.3, -0.25) is 9.59 Å². The van der Waals surface area contributed by atoms with Crippen LogP contribution in [-0.2, 0) is 39.9 Å². The van der Waals surface area contributed by atoms with Crippen LogP contribution in [0.4, 0.5) is 23.2 Å². The number of methoxy groups -OCH3 is 1. The van der Waals surface area contributed by atoms with Gasteiger partial charge in [-0.25, -0.2) is 4.39 Å². The first-order valence-electron chi connectivity index (χ1n) is 9.33. The Kier molecular flexibility index (Phi) is 6.86. The zero-order chi connectivity index (χ0) is 22.8. The summed E-state index contributed by atoms with van der Waals surface area (Å²) >= 11 is 6.24. The summed E-state index contributed by atoms with van der Waals surface area (Å²) in [6.45, 7) is 0.648. The molecule has 2 aromatic rings. The Morgan fingerprint density at radius 3 is 2.65 bits per heavy atom. The molecular formula is C21H19ClF4N2O3. The average molecular weight is 459 g/mol. The molecule has 10 heteroatoms. The number of amides is 2. The number of carbonyl (C=O) groups excluding carboxylic acids is 2. The maximum Gasteiger partial charge on any atom is 0.419 e. The number of fused-ring (bicyclic) bond motifs is 1. The van der Waals surface area contributed by atoms with E-state index >= 15 is 0 Å². The standard InChI is InChI=1S/C21H19ClF4N2O3/c1-31-11-18(30)28-8-7-14-13(10-28)5-6-16(22)20(14)27-17(29)9-12-3-2-4-15(19(12)23)21(24,25)26/h2-6H,7-11H2,1H3,(H,27,29). The lowest BCUT2D eigenvalue weighted by Crippen LogP contribution is -2.38. The maximum atomic E-state index is 14.2. The number of hydrogen-bond acceptors (Lipinski definition) is 3. The fraction of sp³-hybridized carbons (Fsp3) is 0.333. The van der Waals surface area contributed by atoms with Gasteiger partial charge in [-0.2, -0.15) is 13.2 Å². The minimum Gasteiger partial charge on any atom is -0.375 e. The van der Waals surface area contributed by atoms with E-state index in [2.05, 4.69) is 5.32 Å². The van der Waals surface area contributed by atoms with Crippen molar-refractivity contribution in [1.29, 1.82) is 0 Å². The Balaban J connectivity index is 1.79. The fourth-order valence-corrected chi connectivity index (χ4v) is 3.71. The van der Waals surface area contributed by atoms with Gasteiger partial charge in [0, 0.05) is 20.2 Å². The molecular weight excluding hydrogens is 440 g/mol. The first kappa shape index (κ1) is 23.0. The minimum atomic E-state index is -4.86. The number of ether oxygens (including phenoxy) is 1. The smallest absolute Gasteiger partial charge is 0.375 e. The third-order valence-corrected chi connectivity index (χ3v) is 5.29. The lowest BCUT2D eigenvalue weighted by molar-refractivity contribution is -0.140. The first-order chi connectivity index (χ1) is 14.6. The van der Waals surface area contributed by atoms with Crippen LogP contribution in [0.1, 0.15) is 22.3 Å². The topological polar surface area (TPSA) is 58.6 Å². The lowest BCUT2D eigenvalue weighted by Gasteiger charge is -2.30. The van der Waals surface area contributed by atoms with Crippen molar-refractivity contribution in [3.05, 3.63) is 63.4 Å². The van der Waals surface area contributed by atoms with Gasteiger partial charge in [-0.05, 0) is 35.2 Å². The van der Waals surface area contributed by atoms with Crippen LogP contribution in [0.25, 0.3) is 0 Å². The van der Waals surface area contributed by atoms with Crippen molar-refractivity contribution in [1.82, 2.24) is 4.90 Å². The van der Waals surface area contributed by atoms with E-state index in [4.69, 9.17) is 16.3 Å². The Morgan fingerprint density at radius 2 is 1.97 bits per heavy atom. The van der Waals surface area contributed by atoms with Crippen LogP contribution in [0, 0.1) is 5.82 Å². The minimum absolute atomic E-state index is 0.0466. The van der Waals surface area contributed by atoms with Crippen LogP contribution in [-0.4, -0.2) is 37.0 Å². The van der Waals surface area contributed by atoms with Gasteiger partial charge in [0.25, 0.3) is 0 Å². The fourth-order valence-electron chi connectivity index (χ4n) is 3.48. The summed E-state index contributed by atoms with van der Waals surface area (Å²) in [5.41, 5.74) is 0.0289. The summed E-state index contributed by atoms with van der Waals surface area (Å²) in [7, 11) is 1.43. The first-order valence-corrected chi connectivity index (χ1v) is 9.71. The lowest BCUT2D eigenvalue weighted by atomic mass is 9.97. The molecule has 2 aromatic carbocycles. The summed E-state index contributed by atoms with van der Waals surface area (Å²) < 4.78 is 57.8. The van der Waals surface area contributed by atoms with E-state index in [-0.39, 0.29) is 23.1 Å². The van der Waals surface area contributed by atoms with Crippen molar-refractivity contribution in [3.8, 4) is 0 Å². The van der Waals surface area contributed by atoms with Gasteiger partial charge in [0.15, 0.2) is 0 Å². The van der Waals surface area contributed by atoms with Crippen molar-refractivity contribution < 1.29 is 31.9 Å². The molecule has 3 rings (SSSR count). The van der Waals surface area contributed by atoms with Crippen molar-refractivity contribution in [2.45, 2.75) is 25.6 Å². The molecule has 0 bridgehead atoms. The molecule has 0 unspecified atom stereocenters. The number of hydrogen-bond donors (Lipinski definition) is 1. The number of nitrogens with one attached hydrogen (secondary N) is 1. The second-order valence-electron chi connectivity index (χ2n) is 7.06. The van der Waals surface area contributed by atoms with E-state index in [0.717, 1.165) is 23.3 Å². The third-order valence-electron chi connectivity index (χ3n) is 4.97. The number of alkyl halides is 3. The zero-order valence-electron chi connectivity index (χ0n) is 16.5. The number of carbonyl (C=O) groups is 2. The molecule has 0 spiro atoms. The summed E-state index contributed by atoms with van der Waals surface area (Å²) in [4.78, 5) is 26.2. The van der Waals surface area contributed by atoms with Gasteiger partial charge in [-0.15, -0.1) is 0 Å². The number of benzene rings is 2. The highest BCUT2D eigenvalue weighted by Gasteiger charge is 2.35. The van der Waals surface area contributed by atoms with E-state index in [1.54, 1.807) is 17.0 Å². The molecule has 0 saturated carbocycles. The molecule has 0 aromatic heterocycles. The molecule has 0 saturated heterocycles. The van der Waals surface area contributed by atoms with E-state index in [1.165, 1.54) is 7.11 Å². The van der Waals surface area contributed by atoms with Crippen LogP contribution in [0.3, 0.4) is 0 Å². The molecule has 166 valence electrons. The van der Waals surface area contributed by atoms with Crippen LogP contribution < -0.4 is 5.32 Å². The van der Waals surface area contributed by atoms with E-state index in [1.807, 2.05) is 0 Å². The largest absolute Gasteiger partial charge is 0.419 e. The normalized spacial score (nSPS) is 13.7. The molecule has 1 aliphatic rings. The average Bonchev–Trinajstić information content (AvgIpc) is 2.70. The molecule has 0 fully saturated rings. The SMILES string of the molecule is COCC(=O)N1CCc2c(ccc(Cl)c2NC(=O)Cc2cccc(C(F)(F)F)c2F)C1. The third kappa shape index (κ3) is 5.16. The Labute approximate surface area is 180 Å². The zero-order valence-corrected chi connectivity index (χ0v) is 17.2. The number of halogens is 5. The number of anilines is 1. The molecule has 0 radical (unpaired) electrons. The highest BCUT2D eigenvalue weighted by molar-refractivity contribution is 6.34. The van der Waals surface area contributed by atoms with E-state index in [9.17, 15) is 27.2 Å². The highest BCUT2D eigenvalue weighted by atomic mass is 35.5. The Bertz CT molecular complexity index is 1010. The Hall–Kier alpha value is -2.65. The maximum absolute atomic E-state index is 14.2. The molecule has 0 aliphatic carbocycles. The quantitative estimate of drug-likeness (QED) is 0.683. The molecule has 5 nitrogen and oxygen atoms in total. The summed E-state index contributed by atoms with van der Waals surface area (Å²) in [5.74, 6) is -2.35. The monoisotopic (exact) mass is 458 g/mol. The van der Waals surface area contributed by atoms with Gasteiger partial charge in [0.05, 0.1) is 22.7 Å². The van der Waals surface area contributed by atoms with Crippen LogP contribution in [0.2, 0.25) is 5.02 Å². The summed E-state index contributed by atoms with van der Waals surface area (Å²) in [6, 6.07) is 6.11. The van der Waals surface area contributed by atoms with E-state index < -0.39 is 29.9 Å². The Morgan fingerprint density at radius 1 is 1.23 bits per heavy atom. The highest BCUT2D eigenvalue weighted by Crippen LogP contribution is 2.34. The predicted octanol–water partition coefficient (Wildman–Crippen LogP) is 4.21. The van der Waals surface area contributed by atoms with Crippen LogP contribution in [0.5, 0.6) is 0 Å². The molecule has 1 aliphatic heterocycles. The summed E-state index contributed by atoms with van der Waals surface area (Å²) in [6.07, 6.45) is -5.03. The number of rotatable bonds is 5. The van der Waals surface area contributed by atoms with Gasteiger partial charge < -0.3 is 15.0 Å². The van der Waals surface area contributed by atoms with Crippen molar-refractivity contribution in [2.75, 3.05) is 25.6 Å². The van der Waals surface area contributed by atoms with Gasteiger partial charge in [-0.1, -0.05) is 29.8 Å². The van der Waals surface area contributed by atoms with Crippen LogP contribution >= 0.6 is 11.6 Å². The summed E-state index contributed by atoms with van der Waals surface area (Å²) in [5, 5.41) is 2.84. The van der Waals surface area contributed by atoms with Crippen LogP contribution in [0.15, 0.2) is 30.3 Å². The van der Waals surface area contributed by atoms with Crippen molar-refractivity contribution in [3.63, 3.8) is 0 Å². The predicted molar refractivity (Wildman–Crippen MR) is 106 cm³/mol. The van der Waals surface area contributed by atoms with Gasteiger partial charge >= 0.3 is 6.18 Å². The molecule has 1 N–H and O–H groups in total. The molecule has 2 amide bonds. The van der Waals surface area contributed by atoms with Gasteiger partial charge in [0.1, 0.15) is 12.4 Å². The van der Waals surface area contributed by atoms with Gasteiger partial charge in [0.2, 0.25) is 11.8 Å². The molecule has 0 atom stereocenters. The van der Waals surface area contributed by atoms with E-state index in [0.29, 0.717) is 31.3 Å². The molecule has 31 heavy (non-hydrogen) atoms. The van der Waals surface area contributed by atoms with Crippen molar-refractivity contribution in [2.24, 2.45) is 0 Å². The molecule has 1 heterocycles.